The summed E-state index contributed by atoms with van der Waals surface area (Å²) in [6.45, 7) is 4.51. The summed E-state index contributed by atoms with van der Waals surface area (Å²) in [4.78, 5) is 25.1. The molecule has 0 aliphatic carbocycles. The molecule has 0 radical (unpaired) electrons. The van der Waals surface area contributed by atoms with E-state index in [1.165, 1.54) is 11.0 Å². The van der Waals surface area contributed by atoms with E-state index in [9.17, 15) is 22.8 Å². The van der Waals surface area contributed by atoms with Crippen molar-refractivity contribution in [3.8, 4) is 0 Å². The smallest absolute Gasteiger partial charge is 0.416 e. The van der Waals surface area contributed by atoms with Crippen molar-refractivity contribution in [3.05, 3.63) is 35.4 Å². The first kappa shape index (κ1) is 21.1. The Kier molecular flexibility index (Phi) is 6.73. The number of likely N-dealkylation sites (tertiary alicyclic amines) is 1. The lowest BCUT2D eigenvalue weighted by molar-refractivity contribution is -0.143. The lowest BCUT2D eigenvalue weighted by atomic mass is 9.95. The fraction of sp³-hybridized carbons (Fsp3) is 0.579. The number of carbonyl (C=O) groups excluding carboxylic acids is 1. The number of amides is 2. The third-order valence-electron chi connectivity index (χ3n) is 4.75. The maximum atomic E-state index is 13.0. The highest BCUT2D eigenvalue weighted by molar-refractivity contribution is 5.76. The van der Waals surface area contributed by atoms with Crippen LogP contribution in [0.15, 0.2) is 24.3 Å². The van der Waals surface area contributed by atoms with E-state index >= 15 is 0 Å². The number of alkyl halides is 3. The molecule has 5 nitrogen and oxygen atoms in total. The van der Waals surface area contributed by atoms with E-state index in [4.69, 9.17) is 5.11 Å². The first-order chi connectivity index (χ1) is 12.6. The van der Waals surface area contributed by atoms with Gasteiger partial charge in [0.25, 0.3) is 0 Å². The van der Waals surface area contributed by atoms with Crippen molar-refractivity contribution in [2.45, 2.75) is 45.3 Å². The number of carbonyl (C=O) groups is 2. The number of carboxylic acids is 1. The number of piperidine rings is 1. The number of aliphatic carboxylic acids is 1. The molecule has 1 fully saturated rings. The highest BCUT2D eigenvalue weighted by Gasteiger charge is 2.32. The molecule has 0 bridgehead atoms. The second-order valence-electron chi connectivity index (χ2n) is 7.35. The van der Waals surface area contributed by atoms with Gasteiger partial charge >= 0.3 is 18.2 Å². The zero-order valence-corrected chi connectivity index (χ0v) is 15.4. The predicted octanol–water partition coefficient (Wildman–Crippen LogP) is 4.30. The summed E-state index contributed by atoms with van der Waals surface area (Å²) >= 11 is 0. The molecule has 1 aliphatic rings. The van der Waals surface area contributed by atoms with E-state index in [2.05, 4.69) is 5.32 Å². The number of benzene rings is 1. The lowest BCUT2D eigenvalue weighted by Crippen LogP contribution is -2.46. The number of nitrogens with one attached hydrogen (secondary N) is 1. The zero-order chi connectivity index (χ0) is 20.2. The number of carboxylic acid groups (broad SMARTS) is 1. The molecule has 150 valence electrons. The Morgan fingerprint density at radius 3 is 2.41 bits per heavy atom. The van der Waals surface area contributed by atoms with Gasteiger partial charge in [0.2, 0.25) is 0 Å². The minimum Gasteiger partial charge on any atom is -0.481 e. The molecule has 8 heteroatoms. The van der Waals surface area contributed by atoms with Crippen molar-refractivity contribution in [1.29, 1.82) is 0 Å². The topological polar surface area (TPSA) is 69.6 Å². The number of rotatable bonds is 5. The molecule has 2 N–H and O–H groups in total. The molecule has 1 heterocycles. The molecular weight excluding hydrogens is 361 g/mol. The van der Waals surface area contributed by atoms with Crippen LogP contribution in [-0.2, 0) is 11.0 Å². The van der Waals surface area contributed by atoms with Gasteiger partial charge in [0.05, 0.1) is 17.5 Å². The van der Waals surface area contributed by atoms with E-state index < -0.39 is 29.7 Å². The monoisotopic (exact) mass is 386 g/mol. The number of halogens is 3. The summed E-state index contributed by atoms with van der Waals surface area (Å²) in [6.07, 6.45) is -3.19. The van der Waals surface area contributed by atoms with Gasteiger partial charge in [-0.1, -0.05) is 26.0 Å². The average molecular weight is 386 g/mol. The minimum absolute atomic E-state index is 0.169. The van der Waals surface area contributed by atoms with Crippen LogP contribution < -0.4 is 5.32 Å². The molecule has 1 aromatic rings. The Morgan fingerprint density at radius 2 is 1.89 bits per heavy atom. The van der Waals surface area contributed by atoms with Gasteiger partial charge in [-0.2, -0.15) is 13.2 Å². The van der Waals surface area contributed by atoms with Crippen molar-refractivity contribution in [1.82, 2.24) is 10.2 Å². The van der Waals surface area contributed by atoms with E-state index in [-0.39, 0.29) is 11.9 Å². The second-order valence-corrected chi connectivity index (χ2v) is 7.35. The Labute approximate surface area is 156 Å². The molecular formula is C19H25F3N2O3. The highest BCUT2D eigenvalue weighted by atomic mass is 19.4. The Bertz CT molecular complexity index is 668. The van der Waals surface area contributed by atoms with Crippen LogP contribution in [0.1, 0.15) is 50.3 Å². The van der Waals surface area contributed by atoms with E-state index in [0.29, 0.717) is 37.9 Å². The summed E-state index contributed by atoms with van der Waals surface area (Å²) in [5, 5.41) is 11.9. The van der Waals surface area contributed by atoms with Crippen molar-refractivity contribution in [3.63, 3.8) is 0 Å². The molecule has 2 amide bonds. The van der Waals surface area contributed by atoms with Crippen LogP contribution in [0.5, 0.6) is 0 Å². The Morgan fingerprint density at radius 1 is 1.26 bits per heavy atom. The van der Waals surface area contributed by atoms with Crippen molar-refractivity contribution >= 4 is 12.0 Å². The van der Waals surface area contributed by atoms with Gasteiger partial charge in [0.15, 0.2) is 0 Å². The Hall–Kier alpha value is -2.25. The maximum Gasteiger partial charge on any atom is 0.416 e. The standard InChI is InChI=1S/C19H25F3N2O3/c1-12(2)10-16(14-4-3-5-15(11-14)19(20,21)22)23-18(27)24-8-6-13(7-9-24)17(25)26/h3-5,11-13,16H,6-10H2,1-2H3,(H,23,27)(H,25,26). The van der Waals surface area contributed by atoms with Crippen LogP contribution in [0.4, 0.5) is 18.0 Å². The molecule has 1 atom stereocenters. The first-order valence-corrected chi connectivity index (χ1v) is 9.03. The van der Waals surface area contributed by atoms with E-state index in [0.717, 1.165) is 12.1 Å². The number of hydrogen-bond donors (Lipinski definition) is 2. The summed E-state index contributed by atoms with van der Waals surface area (Å²) in [5.74, 6) is -1.15. The second kappa shape index (κ2) is 8.63. The van der Waals surface area contributed by atoms with Gasteiger partial charge in [-0.15, -0.1) is 0 Å². The van der Waals surface area contributed by atoms with Crippen molar-refractivity contribution < 1.29 is 27.9 Å². The maximum absolute atomic E-state index is 13.0. The number of urea groups is 1. The molecule has 1 aromatic carbocycles. The third-order valence-corrected chi connectivity index (χ3v) is 4.75. The SMILES string of the molecule is CC(C)CC(NC(=O)N1CCC(C(=O)O)CC1)c1cccc(C(F)(F)F)c1. The summed E-state index contributed by atoms with van der Waals surface area (Å²) < 4.78 is 39.0. The normalized spacial score (nSPS) is 17.0. The van der Waals surface area contributed by atoms with Crippen LogP contribution >= 0.6 is 0 Å². The number of hydrogen-bond acceptors (Lipinski definition) is 2. The van der Waals surface area contributed by atoms with Gasteiger partial charge in [0.1, 0.15) is 0 Å². The minimum atomic E-state index is -4.44. The zero-order valence-electron chi connectivity index (χ0n) is 15.4. The van der Waals surface area contributed by atoms with Gasteiger partial charge < -0.3 is 15.3 Å². The molecule has 1 aliphatic heterocycles. The first-order valence-electron chi connectivity index (χ1n) is 9.03. The van der Waals surface area contributed by atoms with E-state index in [1.54, 1.807) is 6.07 Å². The van der Waals surface area contributed by atoms with Gasteiger partial charge in [-0.3, -0.25) is 4.79 Å². The van der Waals surface area contributed by atoms with Crippen molar-refractivity contribution in [2.24, 2.45) is 11.8 Å². The summed E-state index contributed by atoms with van der Waals surface area (Å²) in [5.41, 5.74) is -0.336. The van der Waals surface area contributed by atoms with Gasteiger partial charge in [-0.25, -0.2) is 4.79 Å². The van der Waals surface area contributed by atoms with Crippen LogP contribution in [0.2, 0.25) is 0 Å². The molecule has 1 unspecified atom stereocenters. The Balaban J connectivity index is 2.11. The van der Waals surface area contributed by atoms with Crippen LogP contribution in [-0.4, -0.2) is 35.1 Å². The van der Waals surface area contributed by atoms with Crippen LogP contribution in [0, 0.1) is 11.8 Å². The molecule has 2 rings (SSSR count). The lowest BCUT2D eigenvalue weighted by Gasteiger charge is -2.32. The molecule has 0 spiro atoms. The van der Waals surface area contributed by atoms with Crippen molar-refractivity contribution in [2.75, 3.05) is 13.1 Å². The van der Waals surface area contributed by atoms with Gasteiger partial charge in [-0.05, 0) is 42.9 Å². The summed E-state index contributed by atoms with van der Waals surface area (Å²) in [7, 11) is 0. The average Bonchev–Trinajstić information content (AvgIpc) is 2.60. The molecule has 1 saturated heterocycles. The predicted molar refractivity (Wildman–Crippen MR) is 94.1 cm³/mol. The number of nitrogens with zero attached hydrogens (tertiary/aromatic N) is 1. The quantitative estimate of drug-likeness (QED) is 0.793. The highest BCUT2D eigenvalue weighted by Crippen LogP contribution is 2.32. The fourth-order valence-electron chi connectivity index (χ4n) is 3.25. The van der Waals surface area contributed by atoms with Crippen LogP contribution in [0.25, 0.3) is 0 Å². The van der Waals surface area contributed by atoms with Crippen LogP contribution in [0.3, 0.4) is 0 Å². The molecule has 0 saturated carbocycles. The van der Waals surface area contributed by atoms with E-state index in [1.807, 2.05) is 13.8 Å². The fourth-order valence-corrected chi connectivity index (χ4v) is 3.25. The third kappa shape index (κ3) is 5.87. The molecule has 27 heavy (non-hydrogen) atoms. The summed E-state index contributed by atoms with van der Waals surface area (Å²) in [6, 6.07) is 4.09. The largest absolute Gasteiger partial charge is 0.481 e. The van der Waals surface area contributed by atoms with Gasteiger partial charge in [0, 0.05) is 13.1 Å². The molecule has 0 aromatic heterocycles.